The SMILES string of the molecule is CCC(=O)NCC(=O)OCc1cccc([N+](=O)[O-])c1. The van der Waals surface area contributed by atoms with E-state index in [9.17, 15) is 19.7 Å². The summed E-state index contributed by atoms with van der Waals surface area (Å²) in [5.74, 6) is -0.833. The standard InChI is InChI=1S/C12H14N2O5/c1-2-11(15)13-7-12(16)19-8-9-4-3-5-10(6-9)14(17)18/h3-6H,2,7-8H2,1H3,(H,13,15). The highest BCUT2D eigenvalue weighted by Gasteiger charge is 2.08. The minimum Gasteiger partial charge on any atom is -0.459 e. The first kappa shape index (κ1) is 14.6. The van der Waals surface area contributed by atoms with E-state index < -0.39 is 10.9 Å². The Bertz CT molecular complexity index is 487. The third kappa shape index (κ3) is 5.15. The van der Waals surface area contributed by atoms with Crippen LogP contribution in [0.1, 0.15) is 18.9 Å². The fraction of sp³-hybridized carbons (Fsp3) is 0.333. The van der Waals surface area contributed by atoms with Gasteiger partial charge in [-0.05, 0) is 5.56 Å². The van der Waals surface area contributed by atoms with Crippen LogP contribution in [0.5, 0.6) is 0 Å². The van der Waals surface area contributed by atoms with Crippen LogP contribution in [0.25, 0.3) is 0 Å². The van der Waals surface area contributed by atoms with Crippen LogP contribution in [-0.2, 0) is 20.9 Å². The number of nitro benzene ring substituents is 1. The first-order chi connectivity index (χ1) is 9.02. The largest absolute Gasteiger partial charge is 0.459 e. The molecule has 102 valence electrons. The molecule has 7 heteroatoms. The Morgan fingerprint density at radius 2 is 2.16 bits per heavy atom. The second kappa shape index (κ2) is 7.10. The van der Waals surface area contributed by atoms with Gasteiger partial charge in [0.2, 0.25) is 5.91 Å². The third-order valence-electron chi connectivity index (χ3n) is 2.27. The number of benzene rings is 1. The molecule has 0 radical (unpaired) electrons. The van der Waals surface area contributed by atoms with E-state index in [-0.39, 0.29) is 31.2 Å². The van der Waals surface area contributed by atoms with Crippen LogP contribution < -0.4 is 5.32 Å². The summed E-state index contributed by atoms with van der Waals surface area (Å²) < 4.78 is 4.88. The van der Waals surface area contributed by atoms with E-state index in [1.165, 1.54) is 18.2 Å². The maximum Gasteiger partial charge on any atom is 0.325 e. The number of hydrogen-bond acceptors (Lipinski definition) is 5. The number of rotatable bonds is 6. The van der Waals surface area contributed by atoms with Crippen molar-refractivity contribution >= 4 is 17.6 Å². The van der Waals surface area contributed by atoms with Gasteiger partial charge < -0.3 is 10.1 Å². The summed E-state index contributed by atoms with van der Waals surface area (Å²) in [6.07, 6.45) is 0.290. The van der Waals surface area contributed by atoms with Gasteiger partial charge in [0, 0.05) is 18.6 Å². The third-order valence-corrected chi connectivity index (χ3v) is 2.27. The van der Waals surface area contributed by atoms with Crippen molar-refractivity contribution in [3.8, 4) is 0 Å². The molecule has 0 aliphatic heterocycles. The maximum absolute atomic E-state index is 11.3. The van der Waals surface area contributed by atoms with Crippen molar-refractivity contribution < 1.29 is 19.2 Å². The summed E-state index contributed by atoms with van der Waals surface area (Å²) in [6.45, 7) is 1.40. The number of hydrogen-bond donors (Lipinski definition) is 1. The van der Waals surface area contributed by atoms with Crippen molar-refractivity contribution in [2.24, 2.45) is 0 Å². The van der Waals surface area contributed by atoms with Crippen molar-refractivity contribution in [2.75, 3.05) is 6.54 Å². The molecule has 1 amide bonds. The van der Waals surface area contributed by atoms with Crippen LogP contribution in [0, 0.1) is 10.1 Å². The molecule has 0 aliphatic rings. The lowest BCUT2D eigenvalue weighted by Crippen LogP contribution is -2.29. The van der Waals surface area contributed by atoms with E-state index in [1.54, 1.807) is 13.0 Å². The lowest BCUT2D eigenvalue weighted by Gasteiger charge is -2.05. The summed E-state index contributed by atoms with van der Waals surface area (Å²) in [6, 6.07) is 5.82. The Morgan fingerprint density at radius 3 is 2.79 bits per heavy atom. The van der Waals surface area contributed by atoms with Gasteiger partial charge in [-0.15, -0.1) is 0 Å². The van der Waals surface area contributed by atoms with Crippen LogP contribution in [0.15, 0.2) is 24.3 Å². The fourth-order valence-electron chi connectivity index (χ4n) is 1.27. The minimum absolute atomic E-state index is 0.0622. The molecule has 0 unspecified atom stereocenters. The summed E-state index contributed by atoms with van der Waals surface area (Å²) in [7, 11) is 0. The van der Waals surface area contributed by atoms with Crippen LogP contribution in [0.3, 0.4) is 0 Å². The number of non-ortho nitro benzene ring substituents is 1. The summed E-state index contributed by atoms with van der Waals surface area (Å²) >= 11 is 0. The number of carbonyl (C=O) groups is 2. The average molecular weight is 266 g/mol. The lowest BCUT2D eigenvalue weighted by molar-refractivity contribution is -0.384. The zero-order valence-electron chi connectivity index (χ0n) is 10.4. The predicted molar refractivity (Wildman–Crippen MR) is 66.2 cm³/mol. The Balaban J connectivity index is 2.44. The molecule has 0 aliphatic carbocycles. The summed E-state index contributed by atoms with van der Waals surface area (Å²) in [5.41, 5.74) is 0.456. The van der Waals surface area contributed by atoms with E-state index in [2.05, 4.69) is 5.32 Å². The van der Waals surface area contributed by atoms with Crippen LogP contribution in [0.2, 0.25) is 0 Å². The van der Waals surface area contributed by atoms with Gasteiger partial charge in [0.05, 0.1) is 4.92 Å². The molecule has 0 aromatic heterocycles. The topological polar surface area (TPSA) is 98.5 Å². The normalized spacial score (nSPS) is 9.74. The van der Waals surface area contributed by atoms with Crippen molar-refractivity contribution in [1.82, 2.24) is 5.32 Å². The predicted octanol–water partition coefficient (Wildman–Crippen LogP) is 1.16. The number of esters is 1. The minimum atomic E-state index is -0.590. The number of amides is 1. The molecular formula is C12H14N2O5. The van der Waals surface area contributed by atoms with Crippen LogP contribution in [-0.4, -0.2) is 23.3 Å². The Labute approximate surface area is 109 Å². The van der Waals surface area contributed by atoms with E-state index in [0.29, 0.717) is 5.56 Å². The molecule has 0 bridgehead atoms. The van der Waals surface area contributed by atoms with Gasteiger partial charge in [-0.2, -0.15) is 0 Å². The number of carbonyl (C=O) groups excluding carboxylic acids is 2. The smallest absolute Gasteiger partial charge is 0.325 e. The molecular weight excluding hydrogens is 252 g/mol. The van der Waals surface area contributed by atoms with Gasteiger partial charge in [0.25, 0.3) is 5.69 Å². The number of nitro groups is 1. The highest BCUT2D eigenvalue weighted by molar-refractivity contribution is 5.81. The van der Waals surface area contributed by atoms with Crippen molar-refractivity contribution in [1.29, 1.82) is 0 Å². The monoisotopic (exact) mass is 266 g/mol. The van der Waals surface area contributed by atoms with Gasteiger partial charge in [-0.3, -0.25) is 19.7 Å². The summed E-state index contributed by atoms with van der Waals surface area (Å²) in [5, 5.41) is 12.9. The molecule has 1 aromatic rings. The number of nitrogens with one attached hydrogen (secondary N) is 1. The molecule has 1 rings (SSSR count). The van der Waals surface area contributed by atoms with Crippen molar-refractivity contribution in [3.63, 3.8) is 0 Å². The maximum atomic E-state index is 11.3. The first-order valence-electron chi connectivity index (χ1n) is 5.68. The Hall–Kier alpha value is -2.44. The molecule has 7 nitrogen and oxygen atoms in total. The van der Waals surface area contributed by atoms with E-state index in [4.69, 9.17) is 4.74 Å². The molecule has 0 fully saturated rings. The number of nitrogens with zero attached hydrogens (tertiary/aromatic N) is 1. The van der Waals surface area contributed by atoms with E-state index in [1.807, 2.05) is 0 Å². The molecule has 1 aromatic carbocycles. The molecule has 0 heterocycles. The van der Waals surface area contributed by atoms with E-state index in [0.717, 1.165) is 0 Å². The van der Waals surface area contributed by atoms with Crippen LogP contribution >= 0.6 is 0 Å². The van der Waals surface area contributed by atoms with Gasteiger partial charge in [0.15, 0.2) is 0 Å². The van der Waals surface area contributed by atoms with Gasteiger partial charge in [0.1, 0.15) is 13.2 Å². The van der Waals surface area contributed by atoms with Crippen LogP contribution in [0.4, 0.5) is 5.69 Å². The zero-order chi connectivity index (χ0) is 14.3. The molecule has 0 spiro atoms. The quantitative estimate of drug-likeness (QED) is 0.473. The van der Waals surface area contributed by atoms with Gasteiger partial charge in [-0.25, -0.2) is 0 Å². The Morgan fingerprint density at radius 1 is 1.42 bits per heavy atom. The number of ether oxygens (including phenoxy) is 1. The van der Waals surface area contributed by atoms with Gasteiger partial charge in [-0.1, -0.05) is 19.1 Å². The van der Waals surface area contributed by atoms with Crippen molar-refractivity contribution in [3.05, 3.63) is 39.9 Å². The second-order valence-corrected chi connectivity index (χ2v) is 3.72. The molecule has 0 saturated heterocycles. The van der Waals surface area contributed by atoms with Gasteiger partial charge >= 0.3 is 5.97 Å². The highest BCUT2D eigenvalue weighted by atomic mass is 16.6. The second-order valence-electron chi connectivity index (χ2n) is 3.72. The zero-order valence-corrected chi connectivity index (χ0v) is 10.4. The first-order valence-corrected chi connectivity index (χ1v) is 5.68. The van der Waals surface area contributed by atoms with E-state index >= 15 is 0 Å². The average Bonchev–Trinajstić information content (AvgIpc) is 2.42. The lowest BCUT2D eigenvalue weighted by atomic mass is 10.2. The summed E-state index contributed by atoms with van der Waals surface area (Å²) in [4.78, 5) is 32.2. The fourth-order valence-corrected chi connectivity index (χ4v) is 1.27. The highest BCUT2D eigenvalue weighted by Crippen LogP contribution is 2.13. The molecule has 19 heavy (non-hydrogen) atoms. The molecule has 0 saturated carbocycles. The molecule has 1 N–H and O–H groups in total. The van der Waals surface area contributed by atoms with Crippen molar-refractivity contribution in [2.45, 2.75) is 20.0 Å². The molecule has 0 atom stereocenters. The Kier molecular flexibility index (Phi) is 5.46.